The predicted octanol–water partition coefficient (Wildman–Crippen LogP) is 1.27. The molecule has 0 bridgehead atoms. The monoisotopic (exact) mass is 276 g/mol. The van der Waals surface area contributed by atoms with Crippen LogP contribution in [0.25, 0.3) is 0 Å². The summed E-state index contributed by atoms with van der Waals surface area (Å²) in [6.45, 7) is 5.52. The Morgan fingerprint density at radius 3 is 2.50 bits per heavy atom. The van der Waals surface area contributed by atoms with Crippen molar-refractivity contribution in [3.05, 3.63) is 0 Å². The fourth-order valence-corrected chi connectivity index (χ4v) is 3.69. The SMILES string of the molecule is CCS(=O)(=O)CC(C)NCCN(C)C1CCCC1. The van der Waals surface area contributed by atoms with Gasteiger partial charge in [-0.3, -0.25) is 0 Å². The van der Waals surface area contributed by atoms with Gasteiger partial charge in [0, 0.05) is 30.9 Å². The maximum Gasteiger partial charge on any atom is 0.151 e. The summed E-state index contributed by atoms with van der Waals surface area (Å²) in [5, 5.41) is 3.31. The van der Waals surface area contributed by atoms with Crippen molar-refractivity contribution in [2.75, 3.05) is 31.6 Å². The van der Waals surface area contributed by atoms with Gasteiger partial charge in [-0.25, -0.2) is 8.42 Å². The van der Waals surface area contributed by atoms with Crippen molar-refractivity contribution in [3.63, 3.8) is 0 Å². The second kappa shape index (κ2) is 7.46. The van der Waals surface area contributed by atoms with E-state index < -0.39 is 9.84 Å². The molecule has 5 heteroatoms. The molecular formula is C13H28N2O2S. The summed E-state index contributed by atoms with van der Waals surface area (Å²) >= 11 is 0. The van der Waals surface area contributed by atoms with E-state index in [0.29, 0.717) is 0 Å². The molecule has 1 aliphatic rings. The number of hydrogen-bond donors (Lipinski definition) is 1. The van der Waals surface area contributed by atoms with Crippen LogP contribution in [0.5, 0.6) is 0 Å². The van der Waals surface area contributed by atoms with Crippen LogP contribution < -0.4 is 5.32 Å². The first-order valence-electron chi connectivity index (χ1n) is 7.08. The third-order valence-electron chi connectivity index (χ3n) is 3.85. The zero-order valence-electron chi connectivity index (χ0n) is 12.0. The molecular weight excluding hydrogens is 248 g/mol. The lowest BCUT2D eigenvalue weighted by Gasteiger charge is -2.25. The van der Waals surface area contributed by atoms with E-state index >= 15 is 0 Å². The summed E-state index contributed by atoms with van der Waals surface area (Å²) in [4.78, 5) is 2.40. The van der Waals surface area contributed by atoms with Crippen molar-refractivity contribution >= 4 is 9.84 Å². The van der Waals surface area contributed by atoms with Gasteiger partial charge in [-0.05, 0) is 26.8 Å². The highest BCUT2D eigenvalue weighted by molar-refractivity contribution is 7.91. The molecule has 108 valence electrons. The lowest BCUT2D eigenvalue weighted by Crippen LogP contribution is -2.40. The Hall–Kier alpha value is -0.130. The summed E-state index contributed by atoms with van der Waals surface area (Å²) in [6.07, 6.45) is 5.34. The molecule has 0 radical (unpaired) electrons. The van der Waals surface area contributed by atoms with Gasteiger partial charge in [0.1, 0.15) is 0 Å². The van der Waals surface area contributed by atoms with E-state index in [1.807, 2.05) is 6.92 Å². The fourth-order valence-electron chi connectivity index (χ4n) is 2.57. The summed E-state index contributed by atoms with van der Waals surface area (Å²) in [5.74, 6) is 0.484. The zero-order valence-corrected chi connectivity index (χ0v) is 12.8. The van der Waals surface area contributed by atoms with Crippen molar-refractivity contribution in [1.82, 2.24) is 10.2 Å². The van der Waals surface area contributed by atoms with E-state index in [1.165, 1.54) is 25.7 Å². The highest BCUT2D eigenvalue weighted by Crippen LogP contribution is 2.21. The number of nitrogens with zero attached hydrogens (tertiary/aromatic N) is 1. The van der Waals surface area contributed by atoms with E-state index in [4.69, 9.17) is 0 Å². The number of rotatable bonds is 8. The van der Waals surface area contributed by atoms with Crippen LogP contribution in [-0.4, -0.2) is 57.0 Å². The van der Waals surface area contributed by atoms with Crippen LogP contribution in [0.2, 0.25) is 0 Å². The fraction of sp³-hybridized carbons (Fsp3) is 1.00. The summed E-state index contributed by atoms with van der Waals surface area (Å²) in [7, 11) is -0.689. The molecule has 0 aromatic rings. The molecule has 1 saturated carbocycles. The van der Waals surface area contributed by atoms with Crippen LogP contribution in [-0.2, 0) is 9.84 Å². The van der Waals surface area contributed by atoms with Gasteiger partial charge >= 0.3 is 0 Å². The van der Waals surface area contributed by atoms with Crippen molar-refractivity contribution in [1.29, 1.82) is 0 Å². The first kappa shape index (κ1) is 15.9. The van der Waals surface area contributed by atoms with Crippen LogP contribution in [0.15, 0.2) is 0 Å². The maximum absolute atomic E-state index is 11.5. The number of sulfone groups is 1. The average molecular weight is 276 g/mol. The molecule has 1 atom stereocenters. The molecule has 0 spiro atoms. The summed E-state index contributed by atoms with van der Waals surface area (Å²) < 4.78 is 22.9. The largest absolute Gasteiger partial charge is 0.312 e. The number of nitrogens with one attached hydrogen (secondary N) is 1. The van der Waals surface area contributed by atoms with Crippen molar-refractivity contribution in [3.8, 4) is 0 Å². The highest BCUT2D eigenvalue weighted by atomic mass is 32.2. The number of hydrogen-bond acceptors (Lipinski definition) is 4. The van der Waals surface area contributed by atoms with Gasteiger partial charge in [0.2, 0.25) is 0 Å². The summed E-state index contributed by atoms with van der Waals surface area (Å²) in [6, 6.07) is 0.786. The molecule has 1 fully saturated rings. The molecule has 1 unspecified atom stereocenters. The quantitative estimate of drug-likeness (QED) is 0.725. The van der Waals surface area contributed by atoms with Crippen molar-refractivity contribution in [2.24, 2.45) is 0 Å². The van der Waals surface area contributed by atoms with Gasteiger partial charge in [0.25, 0.3) is 0 Å². The van der Waals surface area contributed by atoms with Gasteiger partial charge in [0.05, 0.1) is 5.75 Å². The third kappa shape index (κ3) is 5.67. The lowest BCUT2D eigenvalue weighted by molar-refractivity contribution is 0.243. The van der Waals surface area contributed by atoms with E-state index in [1.54, 1.807) is 6.92 Å². The minimum Gasteiger partial charge on any atom is -0.312 e. The second-order valence-electron chi connectivity index (χ2n) is 5.47. The first-order valence-corrected chi connectivity index (χ1v) is 8.91. The van der Waals surface area contributed by atoms with E-state index in [0.717, 1.165) is 19.1 Å². The Bertz CT molecular complexity index is 324. The summed E-state index contributed by atoms with van der Waals surface area (Å²) in [5.41, 5.74) is 0. The molecule has 1 N–H and O–H groups in total. The topological polar surface area (TPSA) is 49.4 Å². The molecule has 4 nitrogen and oxygen atoms in total. The zero-order chi connectivity index (χ0) is 13.6. The molecule has 0 aliphatic heterocycles. The normalized spacial score (nSPS) is 19.6. The van der Waals surface area contributed by atoms with Crippen molar-refractivity contribution < 1.29 is 8.42 Å². The molecule has 0 heterocycles. The first-order chi connectivity index (χ1) is 8.44. The number of likely N-dealkylation sites (N-methyl/N-ethyl adjacent to an activating group) is 1. The molecule has 1 rings (SSSR count). The Labute approximate surface area is 112 Å². The van der Waals surface area contributed by atoms with Crippen LogP contribution in [0, 0.1) is 0 Å². The van der Waals surface area contributed by atoms with Gasteiger partial charge in [-0.1, -0.05) is 19.8 Å². The standard InChI is InChI=1S/C13H28N2O2S/c1-4-18(16,17)11-12(2)14-9-10-15(3)13-7-5-6-8-13/h12-14H,4-11H2,1-3H3. The van der Waals surface area contributed by atoms with Crippen LogP contribution in [0.3, 0.4) is 0 Å². The Balaban J connectivity index is 2.16. The average Bonchev–Trinajstić information content (AvgIpc) is 2.81. The van der Waals surface area contributed by atoms with Crippen LogP contribution >= 0.6 is 0 Å². The highest BCUT2D eigenvalue weighted by Gasteiger charge is 2.19. The minimum absolute atomic E-state index is 0.0481. The smallest absolute Gasteiger partial charge is 0.151 e. The van der Waals surface area contributed by atoms with E-state index in [2.05, 4.69) is 17.3 Å². The maximum atomic E-state index is 11.5. The van der Waals surface area contributed by atoms with E-state index in [-0.39, 0.29) is 17.5 Å². The Morgan fingerprint density at radius 2 is 1.94 bits per heavy atom. The molecule has 18 heavy (non-hydrogen) atoms. The van der Waals surface area contributed by atoms with Gasteiger partial charge < -0.3 is 10.2 Å². The third-order valence-corrected chi connectivity index (χ3v) is 5.74. The lowest BCUT2D eigenvalue weighted by atomic mass is 10.2. The molecule has 1 aliphatic carbocycles. The Morgan fingerprint density at radius 1 is 1.33 bits per heavy atom. The van der Waals surface area contributed by atoms with Crippen LogP contribution in [0.4, 0.5) is 0 Å². The van der Waals surface area contributed by atoms with Crippen LogP contribution in [0.1, 0.15) is 39.5 Å². The molecule has 0 amide bonds. The Kier molecular flexibility index (Phi) is 6.60. The predicted molar refractivity (Wildman–Crippen MR) is 76.7 cm³/mol. The van der Waals surface area contributed by atoms with Gasteiger partial charge in [-0.15, -0.1) is 0 Å². The molecule has 0 aromatic carbocycles. The second-order valence-corrected chi connectivity index (χ2v) is 7.87. The van der Waals surface area contributed by atoms with E-state index in [9.17, 15) is 8.42 Å². The van der Waals surface area contributed by atoms with Crippen molar-refractivity contribution in [2.45, 2.75) is 51.6 Å². The minimum atomic E-state index is -2.86. The van der Waals surface area contributed by atoms with Gasteiger partial charge in [-0.2, -0.15) is 0 Å². The molecule has 0 saturated heterocycles. The van der Waals surface area contributed by atoms with Gasteiger partial charge in [0.15, 0.2) is 9.84 Å². The molecule has 0 aromatic heterocycles.